The van der Waals surface area contributed by atoms with Gasteiger partial charge in [0.2, 0.25) is 0 Å². The lowest BCUT2D eigenvalue weighted by atomic mass is 10.2. The average molecular weight is 372 g/mol. The van der Waals surface area contributed by atoms with Crippen molar-refractivity contribution in [1.29, 1.82) is 0 Å². The molecule has 0 saturated carbocycles. The average Bonchev–Trinajstić information content (AvgIpc) is 3.20. The first kappa shape index (κ1) is 18.6. The molecule has 0 saturated heterocycles. The van der Waals surface area contributed by atoms with Crippen LogP contribution in [0.2, 0.25) is 0 Å². The van der Waals surface area contributed by atoms with Crippen molar-refractivity contribution in [3.05, 3.63) is 62.8 Å². The van der Waals surface area contributed by atoms with Crippen LogP contribution in [-0.4, -0.2) is 45.2 Å². The van der Waals surface area contributed by atoms with Crippen LogP contribution < -0.4 is 11.2 Å². The predicted molar refractivity (Wildman–Crippen MR) is 97.5 cm³/mol. The number of ether oxygens (including phenoxy) is 1. The lowest BCUT2D eigenvalue weighted by Crippen LogP contribution is -2.38. The van der Waals surface area contributed by atoms with Gasteiger partial charge in [-0.15, -0.1) is 0 Å². The van der Waals surface area contributed by atoms with E-state index in [1.54, 1.807) is 24.1 Å². The Morgan fingerprint density at radius 2 is 2.07 bits per heavy atom. The summed E-state index contributed by atoms with van der Waals surface area (Å²) < 4.78 is 12.7. The number of aromatic nitrogens is 3. The van der Waals surface area contributed by atoms with E-state index < -0.39 is 11.2 Å². The second-order valence-electron chi connectivity index (χ2n) is 6.10. The highest BCUT2D eigenvalue weighted by atomic mass is 16.5. The number of hydrogen-bond donors (Lipinski definition) is 0. The van der Waals surface area contributed by atoms with Gasteiger partial charge in [0.1, 0.15) is 11.4 Å². The van der Waals surface area contributed by atoms with Crippen LogP contribution in [0.3, 0.4) is 0 Å². The molecule has 0 spiro atoms. The number of aryl methyl sites for hydroxylation is 1. The van der Waals surface area contributed by atoms with Gasteiger partial charge in [0, 0.05) is 33.9 Å². The van der Waals surface area contributed by atoms with Crippen LogP contribution in [0.5, 0.6) is 0 Å². The van der Waals surface area contributed by atoms with Crippen LogP contribution in [0.4, 0.5) is 0 Å². The van der Waals surface area contributed by atoms with E-state index in [0.717, 1.165) is 4.57 Å². The molecule has 0 bridgehead atoms. The molecule has 0 atom stereocenters. The summed E-state index contributed by atoms with van der Waals surface area (Å²) in [6.07, 6.45) is 2.90. The van der Waals surface area contributed by atoms with Gasteiger partial charge in [-0.3, -0.25) is 18.7 Å². The summed E-state index contributed by atoms with van der Waals surface area (Å²) >= 11 is 0. The Bertz CT molecular complexity index is 1080. The van der Waals surface area contributed by atoms with Gasteiger partial charge in [0.05, 0.1) is 30.4 Å². The van der Waals surface area contributed by atoms with Crippen molar-refractivity contribution in [1.82, 2.24) is 19.0 Å². The highest BCUT2D eigenvalue weighted by Crippen LogP contribution is 2.13. The van der Waals surface area contributed by atoms with Crippen molar-refractivity contribution in [3.8, 4) is 0 Å². The molecule has 0 N–H and O–H groups in total. The monoisotopic (exact) mass is 372 g/mol. The number of carbonyl (C=O) groups excluding carboxylic acids is 1. The van der Waals surface area contributed by atoms with Crippen molar-refractivity contribution in [3.63, 3.8) is 0 Å². The third-order valence-corrected chi connectivity index (χ3v) is 4.32. The number of pyridine rings is 1. The number of methoxy groups -OCH3 is 1. The number of fused-ring (bicyclic) bond motifs is 1. The first-order valence-corrected chi connectivity index (χ1v) is 8.30. The summed E-state index contributed by atoms with van der Waals surface area (Å²) in [6.45, 7) is 0.960. The lowest BCUT2D eigenvalue weighted by Gasteiger charge is -2.21. The lowest BCUT2D eigenvalue weighted by molar-refractivity contribution is 0.0666. The highest BCUT2D eigenvalue weighted by molar-refractivity contribution is 5.96. The van der Waals surface area contributed by atoms with E-state index in [1.807, 2.05) is 0 Å². The quantitative estimate of drug-likeness (QED) is 0.625. The zero-order valence-corrected chi connectivity index (χ0v) is 15.3. The molecule has 0 unspecified atom stereocenters. The molecule has 27 heavy (non-hydrogen) atoms. The molecule has 3 aromatic rings. The molecule has 3 aromatic heterocycles. The van der Waals surface area contributed by atoms with Gasteiger partial charge < -0.3 is 14.1 Å². The first-order valence-electron chi connectivity index (χ1n) is 8.30. The zero-order valence-electron chi connectivity index (χ0n) is 15.3. The molecule has 142 valence electrons. The van der Waals surface area contributed by atoms with Crippen molar-refractivity contribution >= 4 is 16.9 Å². The molecule has 3 heterocycles. The normalized spacial score (nSPS) is 11.1. The van der Waals surface area contributed by atoms with Crippen LogP contribution in [0.15, 0.2) is 44.7 Å². The molecular formula is C18H20N4O5. The minimum atomic E-state index is -0.496. The third kappa shape index (κ3) is 3.54. The Hall–Kier alpha value is -3.20. The van der Waals surface area contributed by atoms with Crippen molar-refractivity contribution in [2.45, 2.75) is 6.54 Å². The van der Waals surface area contributed by atoms with E-state index in [-0.39, 0.29) is 29.0 Å². The molecule has 9 nitrogen and oxygen atoms in total. The van der Waals surface area contributed by atoms with E-state index in [4.69, 9.17) is 9.15 Å². The fourth-order valence-corrected chi connectivity index (χ4v) is 2.81. The Morgan fingerprint density at radius 3 is 2.74 bits per heavy atom. The van der Waals surface area contributed by atoms with E-state index in [0.29, 0.717) is 18.9 Å². The maximum atomic E-state index is 13.0. The topological polar surface area (TPSA) is 99.6 Å². The summed E-state index contributed by atoms with van der Waals surface area (Å²) in [5.74, 6) is 0.320. The number of rotatable bonds is 6. The maximum absolute atomic E-state index is 13.0. The molecule has 0 fully saturated rings. The Morgan fingerprint density at radius 1 is 1.30 bits per heavy atom. The summed E-state index contributed by atoms with van der Waals surface area (Å²) in [6, 6.07) is 4.99. The number of nitrogens with zero attached hydrogens (tertiary/aromatic N) is 4. The summed E-state index contributed by atoms with van der Waals surface area (Å²) in [5, 5.41) is 0.204. The van der Waals surface area contributed by atoms with E-state index in [1.165, 1.54) is 37.2 Å². The molecule has 0 aliphatic rings. The largest absolute Gasteiger partial charge is 0.467 e. The smallest absolute Gasteiger partial charge is 0.332 e. The maximum Gasteiger partial charge on any atom is 0.332 e. The molecule has 0 aliphatic heterocycles. The van der Waals surface area contributed by atoms with Gasteiger partial charge in [0.15, 0.2) is 0 Å². The minimum absolute atomic E-state index is 0.204. The van der Waals surface area contributed by atoms with E-state index in [2.05, 4.69) is 4.98 Å². The molecule has 9 heteroatoms. The Labute approximate surface area is 154 Å². The summed E-state index contributed by atoms with van der Waals surface area (Å²) in [5.41, 5.74) is -0.488. The van der Waals surface area contributed by atoms with Crippen LogP contribution in [0.25, 0.3) is 11.0 Å². The van der Waals surface area contributed by atoms with Crippen molar-refractivity contribution in [2.75, 3.05) is 20.3 Å². The molecule has 1 amide bonds. The Kier molecular flexibility index (Phi) is 5.22. The molecule has 3 rings (SSSR count). The fourth-order valence-electron chi connectivity index (χ4n) is 2.81. The number of carbonyl (C=O) groups is 1. The SMILES string of the molecule is COCCN(Cc1ccco1)C(=O)c1cnc2c(c1)c(=O)n(C)c(=O)n2C. The molecule has 0 radical (unpaired) electrons. The number of hydrogen-bond acceptors (Lipinski definition) is 6. The summed E-state index contributed by atoms with van der Waals surface area (Å²) in [4.78, 5) is 43.1. The van der Waals surface area contributed by atoms with Crippen LogP contribution in [0, 0.1) is 0 Å². The van der Waals surface area contributed by atoms with E-state index in [9.17, 15) is 14.4 Å². The molecular weight excluding hydrogens is 352 g/mol. The third-order valence-electron chi connectivity index (χ3n) is 4.32. The second kappa shape index (κ2) is 7.58. The van der Waals surface area contributed by atoms with Crippen LogP contribution >= 0.6 is 0 Å². The fraction of sp³-hybridized carbons (Fsp3) is 0.333. The molecule has 0 aliphatic carbocycles. The van der Waals surface area contributed by atoms with Crippen molar-refractivity contribution in [2.24, 2.45) is 14.1 Å². The molecule has 0 aromatic carbocycles. The van der Waals surface area contributed by atoms with Gasteiger partial charge in [-0.05, 0) is 18.2 Å². The van der Waals surface area contributed by atoms with Gasteiger partial charge in [-0.1, -0.05) is 0 Å². The Balaban J connectivity index is 2.02. The standard InChI is InChI=1S/C18H20N4O5/c1-20-15-14(17(24)21(2)18(20)25)9-12(10-19-15)16(23)22(6-8-26-3)11-13-5-4-7-27-13/h4-5,7,9-10H,6,8,11H2,1-3H3. The van der Waals surface area contributed by atoms with E-state index >= 15 is 0 Å². The van der Waals surface area contributed by atoms with Crippen LogP contribution in [-0.2, 0) is 25.4 Å². The van der Waals surface area contributed by atoms with Gasteiger partial charge in [0.25, 0.3) is 11.5 Å². The van der Waals surface area contributed by atoms with Gasteiger partial charge >= 0.3 is 5.69 Å². The second-order valence-corrected chi connectivity index (χ2v) is 6.10. The highest BCUT2D eigenvalue weighted by Gasteiger charge is 2.19. The first-order chi connectivity index (χ1) is 12.9. The van der Waals surface area contributed by atoms with Gasteiger partial charge in [-0.25, -0.2) is 9.78 Å². The summed E-state index contributed by atoms with van der Waals surface area (Å²) in [7, 11) is 4.47. The zero-order chi connectivity index (χ0) is 19.6. The van der Waals surface area contributed by atoms with Crippen molar-refractivity contribution < 1.29 is 13.9 Å². The van der Waals surface area contributed by atoms with Crippen LogP contribution in [0.1, 0.15) is 16.1 Å². The number of furan rings is 1. The number of amides is 1. The van der Waals surface area contributed by atoms with Gasteiger partial charge in [-0.2, -0.15) is 0 Å². The minimum Gasteiger partial charge on any atom is -0.467 e. The predicted octanol–water partition coefficient (Wildman–Crippen LogP) is 0.514.